The number of piperidine rings is 1. The fourth-order valence-corrected chi connectivity index (χ4v) is 3.52. The van der Waals surface area contributed by atoms with E-state index in [-0.39, 0.29) is 11.8 Å². The summed E-state index contributed by atoms with van der Waals surface area (Å²) in [5.41, 5.74) is 1.21. The molecule has 0 aliphatic carbocycles. The molecule has 4 rings (SSSR count). The van der Waals surface area contributed by atoms with Crippen LogP contribution in [0.4, 0.5) is 10.2 Å². The summed E-state index contributed by atoms with van der Waals surface area (Å²) in [6, 6.07) is 8.83. The molecule has 1 aliphatic rings. The Hall–Kier alpha value is -2.80. The summed E-state index contributed by atoms with van der Waals surface area (Å²) in [4.78, 5) is 6.17. The molecule has 134 valence electrons. The van der Waals surface area contributed by atoms with Crippen molar-refractivity contribution in [3.63, 3.8) is 0 Å². The fourth-order valence-electron chi connectivity index (χ4n) is 3.52. The quantitative estimate of drug-likeness (QED) is 0.754. The molecule has 26 heavy (non-hydrogen) atoms. The molecule has 2 N–H and O–H groups in total. The van der Waals surface area contributed by atoms with Gasteiger partial charge in [-0.3, -0.25) is 4.98 Å². The molecule has 0 unspecified atom stereocenters. The predicted octanol–water partition coefficient (Wildman–Crippen LogP) is 2.85. The minimum Gasteiger partial charge on any atom is -0.507 e. The number of pyridine rings is 1. The first kappa shape index (κ1) is 16.7. The van der Waals surface area contributed by atoms with Crippen LogP contribution in [0.25, 0.3) is 22.0 Å². The number of phenols is 1. The summed E-state index contributed by atoms with van der Waals surface area (Å²) < 4.78 is 13.9. The molecule has 0 saturated carbocycles. The highest BCUT2D eigenvalue weighted by molar-refractivity contribution is 6.00. The number of alkyl halides is 1. The Balaban J connectivity index is 1.74. The van der Waals surface area contributed by atoms with E-state index in [1.165, 1.54) is 0 Å². The molecule has 1 aliphatic heterocycles. The van der Waals surface area contributed by atoms with Gasteiger partial charge in [0.25, 0.3) is 0 Å². The van der Waals surface area contributed by atoms with Gasteiger partial charge in [-0.1, -0.05) is 12.1 Å². The third kappa shape index (κ3) is 3.17. The Morgan fingerprint density at radius 2 is 2.00 bits per heavy atom. The number of para-hydroxylation sites is 1. The first-order chi connectivity index (χ1) is 12.6. The number of benzene rings is 1. The predicted molar refractivity (Wildman–Crippen MR) is 98.9 cm³/mol. The maximum absolute atomic E-state index is 13.9. The monoisotopic (exact) mass is 353 g/mol. The smallest absolute Gasteiger partial charge is 0.158 e. The van der Waals surface area contributed by atoms with Crippen molar-refractivity contribution in [2.24, 2.45) is 0 Å². The van der Waals surface area contributed by atoms with Gasteiger partial charge in [0, 0.05) is 54.3 Å². The molecule has 6 nitrogen and oxygen atoms in total. The molecule has 1 fully saturated rings. The molecule has 0 bridgehead atoms. The lowest BCUT2D eigenvalue weighted by atomic mass is 10.0. The van der Waals surface area contributed by atoms with E-state index in [1.807, 2.05) is 24.1 Å². The van der Waals surface area contributed by atoms with E-state index in [0.29, 0.717) is 30.0 Å². The van der Waals surface area contributed by atoms with Crippen LogP contribution in [0.1, 0.15) is 6.42 Å². The molecule has 7 heteroatoms. The number of likely N-dealkylation sites (tertiary alicyclic amines) is 1. The van der Waals surface area contributed by atoms with Gasteiger partial charge in [-0.25, -0.2) is 4.39 Å². The molecule has 2 atom stereocenters. The van der Waals surface area contributed by atoms with Crippen molar-refractivity contribution in [3.8, 4) is 17.0 Å². The van der Waals surface area contributed by atoms with Gasteiger partial charge in [-0.05, 0) is 25.2 Å². The Labute approximate surface area is 150 Å². The van der Waals surface area contributed by atoms with Crippen LogP contribution in [-0.2, 0) is 0 Å². The first-order valence-electron chi connectivity index (χ1n) is 8.59. The number of hydrogen-bond donors (Lipinski definition) is 2. The van der Waals surface area contributed by atoms with Crippen molar-refractivity contribution in [1.29, 1.82) is 0 Å². The zero-order valence-corrected chi connectivity index (χ0v) is 14.4. The molecule has 1 saturated heterocycles. The normalized spacial score (nSPS) is 21.0. The van der Waals surface area contributed by atoms with Crippen molar-refractivity contribution in [3.05, 3.63) is 42.7 Å². The van der Waals surface area contributed by atoms with Gasteiger partial charge >= 0.3 is 0 Å². The van der Waals surface area contributed by atoms with E-state index in [2.05, 4.69) is 20.5 Å². The van der Waals surface area contributed by atoms with E-state index in [1.54, 1.807) is 30.6 Å². The standard InChI is InChI=1S/C19H20FN5O/c1-25-10-12(20)8-13(11-25)22-19-16-9-21-7-6-14(16)18(23-24-19)15-4-2-3-5-17(15)26/h2-7,9,12-13,26H,8,10-11H2,1H3,(H,22,24)/t12-,13-/m1/s1. The van der Waals surface area contributed by atoms with E-state index in [4.69, 9.17) is 0 Å². The van der Waals surface area contributed by atoms with Gasteiger partial charge in [0.2, 0.25) is 0 Å². The molecule has 0 amide bonds. The summed E-state index contributed by atoms with van der Waals surface area (Å²) in [7, 11) is 1.91. The van der Waals surface area contributed by atoms with Gasteiger partial charge in [0.1, 0.15) is 17.6 Å². The van der Waals surface area contributed by atoms with Crippen LogP contribution in [0.3, 0.4) is 0 Å². The Bertz CT molecular complexity index is 925. The molecule has 3 heterocycles. The number of aromatic hydroxyl groups is 1. The van der Waals surface area contributed by atoms with Gasteiger partial charge in [0.15, 0.2) is 5.82 Å². The van der Waals surface area contributed by atoms with Crippen LogP contribution in [0.2, 0.25) is 0 Å². The zero-order chi connectivity index (χ0) is 18.1. The second kappa shape index (κ2) is 6.84. The molecule has 0 spiro atoms. The van der Waals surface area contributed by atoms with Crippen molar-refractivity contribution in [2.45, 2.75) is 18.6 Å². The van der Waals surface area contributed by atoms with Gasteiger partial charge in [-0.2, -0.15) is 0 Å². The van der Waals surface area contributed by atoms with Crippen molar-refractivity contribution < 1.29 is 9.50 Å². The Morgan fingerprint density at radius 3 is 2.81 bits per heavy atom. The summed E-state index contributed by atoms with van der Waals surface area (Å²) in [5.74, 6) is 0.731. The molecule has 0 radical (unpaired) electrons. The molecule has 1 aromatic carbocycles. The number of nitrogens with zero attached hydrogens (tertiary/aromatic N) is 4. The van der Waals surface area contributed by atoms with Crippen LogP contribution in [0.15, 0.2) is 42.7 Å². The number of hydrogen-bond acceptors (Lipinski definition) is 6. The van der Waals surface area contributed by atoms with Crippen LogP contribution in [-0.4, -0.2) is 57.5 Å². The van der Waals surface area contributed by atoms with Gasteiger partial charge in [-0.15, -0.1) is 10.2 Å². The summed E-state index contributed by atoms with van der Waals surface area (Å²) in [6.07, 6.45) is 2.98. The molecular weight excluding hydrogens is 333 g/mol. The van der Waals surface area contributed by atoms with Gasteiger partial charge < -0.3 is 15.3 Å². The number of fused-ring (bicyclic) bond motifs is 1. The average Bonchev–Trinajstić information content (AvgIpc) is 2.62. The Kier molecular flexibility index (Phi) is 4.38. The lowest BCUT2D eigenvalue weighted by molar-refractivity contribution is 0.153. The zero-order valence-electron chi connectivity index (χ0n) is 14.4. The number of phenolic OH excluding ortho intramolecular Hbond substituents is 1. The third-order valence-corrected chi connectivity index (χ3v) is 4.66. The Morgan fingerprint density at radius 1 is 1.15 bits per heavy atom. The van der Waals surface area contributed by atoms with Crippen molar-refractivity contribution >= 4 is 16.6 Å². The SMILES string of the molecule is CN1C[C@H](F)C[C@@H](Nc2nnc(-c3ccccc3O)c3ccncc23)C1. The second-order valence-electron chi connectivity index (χ2n) is 6.73. The van der Waals surface area contributed by atoms with E-state index >= 15 is 0 Å². The number of likely N-dealkylation sites (N-methyl/N-ethyl adjacent to an activating group) is 1. The van der Waals surface area contributed by atoms with Crippen LogP contribution in [0, 0.1) is 0 Å². The summed E-state index contributed by atoms with van der Waals surface area (Å²) in [5, 5.41) is 23.8. The fraction of sp³-hybridized carbons (Fsp3) is 0.316. The van der Waals surface area contributed by atoms with E-state index in [0.717, 1.165) is 17.3 Å². The lowest BCUT2D eigenvalue weighted by Crippen LogP contribution is -2.45. The highest BCUT2D eigenvalue weighted by atomic mass is 19.1. The highest BCUT2D eigenvalue weighted by Gasteiger charge is 2.26. The largest absolute Gasteiger partial charge is 0.507 e. The molecule has 2 aromatic heterocycles. The van der Waals surface area contributed by atoms with Crippen LogP contribution < -0.4 is 5.32 Å². The maximum atomic E-state index is 13.9. The number of rotatable bonds is 3. The van der Waals surface area contributed by atoms with Crippen molar-refractivity contribution in [1.82, 2.24) is 20.1 Å². The number of nitrogens with one attached hydrogen (secondary N) is 1. The molecule has 3 aromatic rings. The topological polar surface area (TPSA) is 74.2 Å². The highest BCUT2D eigenvalue weighted by Crippen LogP contribution is 2.34. The van der Waals surface area contributed by atoms with Crippen molar-refractivity contribution in [2.75, 3.05) is 25.5 Å². The number of anilines is 1. The third-order valence-electron chi connectivity index (χ3n) is 4.66. The summed E-state index contributed by atoms with van der Waals surface area (Å²) >= 11 is 0. The summed E-state index contributed by atoms with van der Waals surface area (Å²) in [6.45, 7) is 1.20. The second-order valence-corrected chi connectivity index (χ2v) is 6.73. The minimum atomic E-state index is -0.857. The van der Waals surface area contributed by atoms with E-state index < -0.39 is 6.17 Å². The van der Waals surface area contributed by atoms with Gasteiger partial charge in [0.05, 0.1) is 0 Å². The van der Waals surface area contributed by atoms with Crippen LogP contribution >= 0.6 is 0 Å². The van der Waals surface area contributed by atoms with Crippen LogP contribution in [0.5, 0.6) is 5.75 Å². The van der Waals surface area contributed by atoms with E-state index in [9.17, 15) is 9.50 Å². The first-order valence-corrected chi connectivity index (χ1v) is 8.59. The molecular formula is C19H20FN5O. The maximum Gasteiger partial charge on any atom is 0.158 e. The number of aromatic nitrogens is 3. The minimum absolute atomic E-state index is 0.0440. The lowest BCUT2D eigenvalue weighted by Gasteiger charge is -2.32. The number of halogens is 1. The average molecular weight is 353 g/mol.